The third-order valence-electron chi connectivity index (χ3n) is 6.16. The Morgan fingerprint density at radius 2 is 1.86 bits per heavy atom. The van der Waals surface area contributed by atoms with Crippen molar-refractivity contribution in [1.82, 2.24) is 15.1 Å². The standard InChI is InChI=1S/C25H27Cl2N5O3/c1-4-32-20-14-31(12-11-21(33)28-16-6-8-17(9-7-16)30(2)3)24(34)22(20)23(29-25(32)35)18-10-5-15(26)13-19(18)27/h5-10,13,23H,4,11-12,14H2,1-3H3,(H,28,33)(H,29,35). The lowest BCUT2D eigenvalue weighted by Crippen LogP contribution is -2.47. The first kappa shape index (κ1) is 24.9. The van der Waals surface area contributed by atoms with Gasteiger partial charge in [0.05, 0.1) is 23.9 Å². The van der Waals surface area contributed by atoms with Gasteiger partial charge in [0.1, 0.15) is 0 Å². The maximum Gasteiger partial charge on any atom is 0.322 e. The van der Waals surface area contributed by atoms with E-state index in [9.17, 15) is 14.4 Å². The van der Waals surface area contributed by atoms with Gasteiger partial charge in [-0.05, 0) is 48.9 Å². The Labute approximate surface area is 214 Å². The number of urea groups is 1. The molecule has 2 N–H and O–H groups in total. The number of hydrogen-bond acceptors (Lipinski definition) is 4. The average Bonchev–Trinajstić information content (AvgIpc) is 3.14. The van der Waals surface area contributed by atoms with Crippen molar-refractivity contribution in [3.63, 3.8) is 0 Å². The lowest BCUT2D eigenvalue weighted by molar-refractivity contribution is -0.126. The number of carbonyl (C=O) groups excluding carboxylic acids is 3. The number of benzene rings is 2. The van der Waals surface area contributed by atoms with E-state index >= 15 is 0 Å². The molecule has 0 spiro atoms. The first-order valence-corrected chi connectivity index (χ1v) is 12.1. The zero-order chi connectivity index (χ0) is 25.3. The molecular formula is C25H27Cl2N5O3. The summed E-state index contributed by atoms with van der Waals surface area (Å²) in [6, 6.07) is 11.5. The van der Waals surface area contributed by atoms with Gasteiger partial charge < -0.3 is 20.4 Å². The molecular weight excluding hydrogens is 489 g/mol. The zero-order valence-corrected chi connectivity index (χ0v) is 21.3. The number of hydrogen-bond donors (Lipinski definition) is 2. The van der Waals surface area contributed by atoms with E-state index in [2.05, 4.69) is 10.6 Å². The summed E-state index contributed by atoms with van der Waals surface area (Å²) in [7, 11) is 3.89. The molecule has 0 aliphatic carbocycles. The molecule has 0 aromatic heterocycles. The van der Waals surface area contributed by atoms with E-state index in [1.54, 1.807) is 28.0 Å². The predicted molar refractivity (Wildman–Crippen MR) is 138 cm³/mol. The highest BCUT2D eigenvalue weighted by atomic mass is 35.5. The lowest BCUT2D eigenvalue weighted by atomic mass is 9.95. The summed E-state index contributed by atoms with van der Waals surface area (Å²) in [4.78, 5) is 43.9. The van der Waals surface area contributed by atoms with Crippen molar-refractivity contribution in [1.29, 1.82) is 0 Å². The molecule has 2 aromatic rings. The van der Waals surface area contributed by atoms with Crippen LogP contribution in [0.1, 0.15) is 24.9 Å². The second-order valence-corrected chi connectivity index (χ2v) is 9.46. The van der Waals surface area contributed by atoms with E-state index in [-0.39, 0.29) is 37.4 Å². The van der Waals surface area contributed by atoms with Crippen LogP contribution in [0.15, 0.2) is 53.7 Å². The van der Waals surface area contributed by atoms with Gasteiger partial charge in [-0.15, -0.1) is 0 Å². The molecule has 2 heterocycles. The summed E-state index contributed by atoms with van der Waals surface area (Å²) in [6.07, 6.45) is 0.127. The SMILES string of the molecule is CCN1C(=O)NC(c2ccc(Cl)cc2Cl)C2=C1CN(CCC(=O)Nc1ccc(N(C)C)cc1)C2=O. The lowest BCUT2D eigenvalue weighted by Gasteiger charge is -2.33. The molecule has 2 aromatic carbocycles. The van der Waals surface area contributed by atoms with Crippen LogP contribution in [-0.2, 0) is 9.59 Å². The number of rotatable bonds is 7. The Morgan fingerprint density at radius 1 is 1.14 bits per heavy atom. The molecule has 0 saturated heterocycles. The van der Waals surface area contributed by atoms with Crippen molar-refractivity contribution in [2.75, 3.05) is 43.9 Å². The van der Waals surface area contributed by atoms with E-state index in [4.69, 9.17) is 23.2 Å². The van der Waals surface area contributed by atoms with Crippen molar-refractivity contribution in [3.05, 3.63) is 69.3 Å². The van der Waals surface area contributed by atoms with Crippen molar-refractivity contribution in [3.8, 4) is 0 Å². The molecule has 1 unspecified atom stereocenters. The van der Waals surface area contributed by atoms with Crippen molar-refractivity contribution in [2.45, 2.75) is 19.4 Å². The molecule has 2 aliphatic rings. The van der Waals surface area contributed by atoms with E-state index in [0.29, 0.717) is 39.1 Å². The number of nitrogens with zero attached hydrogens (tertiary/aromatic N) is 3. The Bertz CT molecular complexity index is 1200. The van der Waals surface area contributed by atoms with Crippen molar-refractivity contribution in [2.24, 2.45) is 0 Å². The Hall–Kier alpha value is -3.23. The smallest absolute Gasteiger partial charge is 0.322 e. The maximum atomic E-state index is 13.4. The van der Waals surface area contributed by atoms with Gasteiger partial charge in [0.25, 0.3) is 5.91 Å². The number of anilines is 2. The normalized spacial score (nSPS) is 17.5. The topological polar surface area (TPSA) is 85.0 Å². The summed E-state index contributed by atoms with van der Waals surface area (Å²) in [6.45, 7) is 2.74. The number of likely N-dealkylation sites (N-methyl/N-ethyl adjacent to an activating group) is 1. The van der Waals surface area contributed by atoms with Crippen LogP contribution in [-0.4, -0.2) is 61.4 Å². The summed E-state index contributed by atoms with van der Waals surface area (Å²) in [5.41, 5.74) is 3.42. The van der Waals surface area contributed by atoms with Crippen LogP contribution in [0, 0.1) is 0 Å². The molecule has 184 valence electrons. The zero-order valence-electron chi connectivity index (χ0n) is 19.8. The molecule has 4 rings (SSSR count). The fourth-order valence-corrected chi connectivity index (χ4v) is 4.85. The third kappa shape index (κ3) is 5.09. The van der Waals surface area contributed by atoms with Crippen molar-refractivity contribution < 1.29 is 14.4 Å². The minimum absolute atomic E-state index is 0.127. The number of halogens is 2. The largest absolute Gasteiger partial charge is 0.378 e. The van der Waals surface area contributed by atoms with Crippen LogP contribution in [0.2, 0.25) is 10.0 Å². The van der Waals surface area contributed by atoms with Gasteiger partial charge >= 0.3 is 6.03 Å². The Balaban J connectivity index is 1.48. The molecule has 0 radical (unpaired) electrons. The first-order chi connectivity index (χ1) is 16.7. The Morgan fingerprint density at radius 3 is 2.49 bits per heavy atom. The average molecular weight is 516 g/mol. The second kappa shape index (κ2) is 10.2. The van der Waals surface area contributed by atoms with Crippen LogP contribution in [0.4, 0.5) is 16.2 Å². The van der Waals surface area contributed by atoms with Crippen LogP contribution < -0.4 is 15.5 Å². The van der Waals surface area contributed by atoms with E-state index < -0.39 is 6.04 Å². The Kier molecular flexibility index (Phi) is 7.23. The molecule has 0 saturated carbocycles. The highest BCUT2D eigenvalue weighted by molar-refractivity contribution is 6.35. The maximum absolute atomic E-state index is 13.4. The molecule has 1 atom stereocenters. The van der Waals surface area contributed by atoms with Gasteiger partial charge in [-0.3, -0.25) is 14.5 Å². The quantitative estimate of drug-likeness (QED) is 0.576. The fourth-order valence-electron chi connectivity index (χ4n) is 4.34. The highest BCUT2D eigenvalue weighted by Crippen LogP contribution is 2.39. The third-order valence-corrected chi connectivity index (χ3v) is 6.73. The minimum Gasteiger partial charge on any atom is -0.378 e. The number of nitrogens with one attached hydrogen (secondary N) is 2. The molecule has 35 heavy (non-hydrogen) atoms. The molecule has 0 bridgehead atoms. The molecule has 8 nitrogen and oxygen atoms in total. The minimum atomic E-state index is -0.688. The van der Waals surface area contributed by atoms with E-state index in [0.717, 1.165) is 5.69 Å². The van der Waals surface area contributed by atoms with Crippen LogP contribution in [0.5, 0.6) is 0 Å². The molecule has 10 heteroatoms. The molecule has 2 aliphatic heterocycles. The summed E-state index contributed by atoms with van der Waals surface area (Å²) >= 11 is 12.4. The van der Waals surface area contributed by atoms with Crippen LogP contribution in [0.25, 0.3) is 0 Å². The molecule has 4 amide bonds. The van der Waals surface area contributed by atoms with Crippen molar-refractivity contribution >= 4 is 52.4 Å². The van der Waals surface area contributed by atoms with Gasteiger partial charge in [-0.2, -0.15) is 0 Å². The van der Waals surface area contributed by atoms with Gasteiger partial charge in [0, 0.05) is 55.0 Å². The predicted octanol–water partition coefficient (Wildman–Crippen LogP) is 4.27. The van der Waals surface area contributed by atoms with Gasteiger partial charge in [-0.1, -0.05) is 29.3 Å². The second-order valence-electron chi connectivity index (χ2n) is 8.62. The highest BCUT2D eigenvalue weighted by Gasteiger charge is 2.44. The summed E-state index contributed by atoms with van der Waals surface area (Å²) < 4.78 is 0. The fraction of sp³-hybridized carbons (Fsp3) is 0.320. The van der Waals surface area contributed by atoms with Gasteiger partial charge in [0.15, 0.2) is 0 Å². The van der Waals surface area contributed by atoms with Crippen LogP contribution >= 0.6 is 23.2 Å². The number of carbonyl (C=O) groups is 3. The summed E-state index contributed by atoms with van der Waals surface area (Å²) in [5, 5.41) is 6.60. The van der Waals surface area contributed by atoms with Crippen LogP contribution in [0.3, 0.4) is 0 Å². The first-order valence-electron chi connectivity index (χ1n) is 11.3. The van der Waals surface area contributed by atoms with Gasteiger partial charge in [-0.25, -0.2) is 4.79 Å². The van der Waals surface area contributed by atoms with Gasteiger partial charge in [0.2, 0.25) is 5.91 Å². The summed E-state index contributed by atoms with van der Waals surface area (Å²) in [5.74, 6) is -0.420. The number of amides is 4. The van der Waals surface area contributed by atoms with E-state index in [1.165, 1.54) is 0 Å². The monoisotopic (exact) mass is 515 g/mol. The molecule has 0 fully saturated rings. The van der Waals surface area contributed by atoms with E-state index in [1.807, 2.05) is 50.2 Å².